The van der Waals surface area contributed by atoms with E-state index in [-0.39, 0.29) is 11.8 Å². The standard InChI is InChI=1S/C23H28N2O3/c1-16-7-11-18(12-8-16)28-19-13-9-17(10-14-19)24-21(26)20-6-5-15-25(20)22(27)23(2,3)4/h7-14,20H,5-6,15H2,1-4H3,(H,24,26). The lowest BCUT2D eigenvalue weighted by Crippen LogP contribution is -2.47. The molecule has 3 rings (SSSR count). The van der Waals surface area contributed by atoms with Crippen LogP contribution in [0.25, 0.3) is 0 Å². The second kappa shape index (κ2) is 8.05. The fraction of sp³-hybridized carbons (Fsp3) is 0.391. The van der Waals surface area contributed by atoms with Gasteiger partial charge in [-0.2, -0.15) is 0 Å². The van der Waals surface area contributed by atoms with E-state index in [1.165, 1.54) is 5.56 Å². The van der Waals surface area contributed by atoms with Gasteiger partial charge in [-0.05, 0) is 56.2 Å². The Balaban J connectivity index is 1.62. The highest BCUT2D eigenvalue weighted by atomic mass is 16.5. The summed E-state index contributed by atoms with van der Waals surface area (Å²) in [5.74, 6) is 1.35. The van der Waals surface area contributed by atoms with Gasteiger partial charge in [-0.1, -0.05) is 38.5 Å². The van der Waals surface area contributed by atoms with Crippen LogP contribution >= 0.6 is 0 Å². The number of hydrogen-bond acceptors (Lipinski definition) is 3. The number of likely N-dealkylation sites (tertiary alicyclic amines) is 1. The van der Waals surface area contributed by atoms with Crippen LogP contribution < -0.4 is 10.1 Å². The monoisotopic (exact) mass is 380 g/mol. The van der Waals surface area contributed by atoms with Crippen molar-refractivity contribution in [3.8, 4) is 11.5 Å². The number of nitrogens with one attached hydrogen (secondary N) is 1. The van der Waals surface area contributed by atoms with Crippen LogP contribution in [0.3, 0.4) is 0 Å². The number of carbonyl (C=O) groups excluding carboxylic acids is 2. The molecule has 0 aromatic heterocycles. The average Bonchev–Trinajstić information content (AvgIpc) is 3.13. The summed E-state index contributed by atoms with van der Waals surface area (Å²) in [4.78, 5) is 27.0. The van der Waals surface area contributed by atoms with E-state index in [4.69, 9.17) is 4.74 Å². The smallest absolute Gasteiger partial charge is 0.247 e. The van der Waals surface area contributed by atoms with E-state index in [1.807, 2.05) is 76.2 Å². The number of hydrogen-bond donors (Lipinski definition) is 1. The van der Waals surface area contributed by atoms with Crippen LogP contribution in [0.2, 0.25) is 0 Å². The lowest BCUT2D eigenvalue weighted by Gasteiger charge is -2.30. The first-order valence-electron chi connectivity index (χ1n) is 9.70. The molecule has 0 radical (unpaired) electrons. The van der Waals surface area contributed by atoms with E-state index in [9.17, 15) is 9.59 Å². The van der Waals surface area contributed by atoms with Crippen molar-refractivity contribution in [3.63, 3.8) is 0 Å². The zero-order valence-electron chi connectivity index (χ0n) is 17.0. The summed E-state index contributed by atoms with van der Waals surface area (Å²) in [6.45, 7) is 8.32. The Hall–Kier alpha value is -2.82. The molecule has 0 bridgehead atoms. The Morgan fingerprint density at radius 3 is 2.14 bits per heavy atom. The molecule has 28 heavy (non-hydrogen) atoms. The third kappa shape index (κ3) is 4.71. The molecule has 5 nitrogen and oxygen atoms in total. The summed E-state index contributed by atoms with van der Waals surface area (Å²) in [6, 6.07) is 14.7. The van der Waals surface area contributed by atoms with Crippen molar-refractivity contribution >= 4 is 17.5 Å². The van der Waals surface area contributed by atoms with Gasteiger partial charge in [-0.15, -0.1) is 0 Å². The van der Waals surface area contributed by atoms with Crippen molar-refractivity contribution in [1.29, 1.82) is 0 Å². The number of nitrogens with zero attached hydrogens (tertiary/aromatic N) is 1. The molecule has 1 saturated heterocycles. The van der Waals surface area contributed by atoms with E-state index in [1.54, 1.807) is 4.90 Å². The molecule has 5 heteroatoms. The minimum atomic E-state index is -0.488. The summed E-state index contributed by atoms with van der Waals surface area (Å²) < 4.78 is 5.81. The molecular formula is C23H28N2O3. The van der Waals surface area contributed by atoms with Gasteiger partial charge in [0.2, 0.25) is 11.8 Å². The molecule has 1 aliphatic rings. The summed E-state index contributed by atoms with van der Waals surface area (Å²) in [7, 11) is 0. The highest BCUT2D eigenvalue weighted by Crippen LogP contribution is 2.27. The molecule has 0 aliphatic carbocycles. The van der Waals surface area contributed by atoms with Crippen LogP contribution in [0.4, 0.5) is 5.69 Å². The van der Waals surface area contributed by atoms with Crippen LogP contribution in [0, 0.1) is 12.3 Å². The van der Waals surface area contributed by atoms with Crippen LogP contribution in [0.15, 0.2) is 48.5 Å². The number of anilines is 1. The lowest BCUT2D eigenvalue weighted by molar-refractivity contribution is -0.143. The van der Waals surface area contributed by atoms with Gasteiger partial charge in [0.05, 0.1) is 0 Å². The van der Waals surface area contributed by atoms with Gasteiger partial charge in [-0.3, -0.25) is 9.59 Å². The van der Waals surface area contributed by atoms with Gasteiger partial charge in [0, 0.05) is 17.6 Å². The summed E-state index contributed by atoms with van der Waals surface area (Å²) >= 11 is 0. The van der Waals surface area contributed by atoms with Gasteiger partial charge in [-0.25, -0.2) is 0 Å². The zero-order chi connectivity index (χ0) is 20.3. The largest absolute Gasteiger partial charge is 0.457 e. The Bertz CT molecular complexity index is 836. The highest BCUT2D eigenvalue weighted by molar-refractivity contribution is 5.98. The van der Waals surface area contributed by atoms with Crippen molar-refractivity contribution in [2.24, 2.45) is 5.41 Å². The minimum Gasteiger partial charge on any atom is -0.457 e. The molecule has 1 unspecified atom stereocenters. The highest BCUT2D eigenvalue weighted by Gasteiger charge is 2.38. The maximum atomic E-state index is 12.7. The van der Waals surface area contributed by atoms with Crippen LogP contribution in [0.5, 0.6) is 11.5 Å². The van der Waals surface area contributed by atoms with Crippen LogP contribution in [0.1, 0.15) is 39.2 Å². The first kappa shape index (κ1) is 19.9. The van der Waals surface area contributed by atoms with E-state index in [0.717, 1.165) is 12.2 Å². The predicted molar refractivity (Wildman–Crippen MR) is 111 cm³/mol. The van der Waals surface area contributed by atoms with Crippen molar-refractivity contribution in [1.82, 2.24) is 4.90 Å². The predicted octanol–water partition coefficient (Wildman–Crippen LogP) is 4.76. The molecule has 1 fully saturated rings. The Labute approximate surface area is 166 Å². The van der Waals surface area contributed by atoms with Gasteiger partial charge in [0.1, 0.15) is 17.5 Å². The summed E-state index contributed by atoms with van der Waals surface area (Å²) in [6.07, 6.45) is 1.55. The van der Waals surface area contributed by atoms with Gasteiger partial charge in [0.25, 0.3) is 0 Å². The van der Waals surface area contributed by atoms with Crippen molar-refractivity contribution in [2.75, 3.05) is 11.9 Å². The Kier molecular flexibility index (Phi) is 5.73. The van der Waals surface area contributed by atoms with Crippen LogP contribution in [-0.2, 0) is 9.59 Å². The molecular weight excluding hydrogens is 352 g/mol. The second-order valence-corrected chi connectivity index (χ2v) is 8.34. The lowest BCUT2D eigenvalue weighted by atomic mass is 9.94. The molecule has 2 aromatic carbocycles. The molecule has 148 valence electrons. The van der Waals surface area contributed by atoms with Gasteiger partial charge >= 0.3 is 0 Å². The van der Waals surface area contributed by atoms with Crippen molar-refractivity contribution in [2.45, 2.75) is 46.6 Å². The van der Waals surface area contributed by atoms with E-state index in [2.05, 4.69) is 5.32 Å². The normalized spacial score (nSPS) is 16.7. The molecule has 2 amide bonds. The van der Waals surface area contributed by atoms with E-state index in [0.29, 0.717) is 24.4 Å². The van der Waals surface area contributed by atoms with Crippen molar-refractivity contribution < 1.29 is 14.3 Å². The van der Waals surface area contributed by atoms with Crippen LogP contribution in [-0.4, -0.2) is 29.3 Å². The van der Waals surface area contributed by atoms with E-state index >= 15 is 0 Å². The Morgan fingerprint density at radius 1 is 1.00 bits per heavy atom. The first-order valence-corrected chi connectivity index (χ1v) is 9.70. The first-order chi connectivity index (χ1) is 13.2. The number of rotatable bonds is 4. The molecule has 1 aliphatic heterocycles. The molecule has 1 heterocycles. The Morgan fingerprint density at radius 2 is 1.57 bits per heavy atom. The second-order valence-electron chi connectivity index (χ2n) is 8.34. The minimum absolute atomic E-state index is 0.0204. The number of aryl methyl sites for hydroxylation is 1. The van der Waals surface area contributed by atoms with Gasteiger partial charge < -0.3 is 15.0 Å². The summed E-state index contributed by atoms with van der Waals surface area (Å²) in [5, 5.41) is 2.93. The van der Waals surface area contributed by atoms with Gasteiger partial charge in [0.15, 0.2) is 0 Å². The maximum Gasteiger partial charge on any atom is 0.247 e. The third-order valence-electron chi connectivity index (χ3n) is 4.84. The zero-order valence-corrected chi connectivity index (χ0v) is 17.0. The molecule has 1 N–H and O–H groups in total. The number of carbonyl (C=O) groups is 2. The SMILES string of the molecule is Cc1ccc(Oc2ccc(NC(=O)C3CCCN3C(=O)C(C)(C)C)cc2)cc1. The van der Waals surface area contributed by atoms with Crippen molar-refractivity contribution in [3.05, 3.63) is 54.1 Å². The quantitative estimate of drug-likeness (QED) is 0.832. The van der Waals surface area contributed by atoms with E-state index < -0.39 is 11.5 Å². The number of benzene rings is 2. The fourth-order valence-corrected chi connectivity index (χ4v) is 3.29. The average molecular weight is 380 g/mol. The fourth-order valence-electron chi connectivity index (χ4n) is 3.29. The maximum absolute atomic E-state index is 12.7. The molecule has 0 spiro atoms. The number of ether oxygens (including phenoxy) is 1. The topological polar surface area (TPSA) is 58.6 Å². The molecule has 2 aromatic rings. The number of amides is 2. The third-order valence-corrected chi connectivity index (χ3v) is 4.84. The molecule has 1 atom stereocenters. The molecule has 0 saturated carbocycles. The summed E-state index contributed by atoms with van der Waals surface area (Å²) in [5.41, 5.74) is 1.38.